The van der Waals surface area contributed by atoms with Gasteiger partial charge in [-0.15, -0.1) is 0 Å². The van der Waals surface area contributed by atoms with Crippen molar-refractivity contribution in [3.05, 3.63) is 46.8 Å². The summed E-state index contributed by atoms with van der Waals surface area (Å²) in [4.78, 5) is 4.07. The van der Waals surface area contributed by atoms with Crippen molar-refractivity contribution in [2.45, 2.75) is 0 Å². The van der Waals surface area contributed by atoms with Crippen LogP contribution in [0.25, 0.3) is 11.3 Å². The maximum absolute atomic E-state index is 13.7. The van der Waals surface area contributed by atoms with Crippen LogP contribution < -0.4 is 5.73 Å². The van der Waals surface area contributed by atoms with E-state index in [9.17, 15) is 4.39 Å². The van der Waals surface area contributed by atoms with Crippen LogP contribution in [0.2, 0.25) is 0 Å². The van der Waals surface area contributed by atoms with Crippen LogP contribution in [0.5, 0.6) is 0 Å². The molecule has 0 unspecified atom stereocenters. The third-order valence-corrected chi connectivity index (χ3v) is 2.62. The molecule has 1 aromatic carbocycles. The van der Waals surface area contributed by atoms with E-state index in [0.29, 0.717) is 21.4 Å². The van der Waals surface area contributed by atoms with Gasteiger partial charge in [-0.1, -0.05) is 6.07 Å². The number of rotatable bonds is 1. The summed E-state index contributed by atoms with van der Waals surface area (Å²) < 4.78 is 14.1. The highest BCUT2D eigenvalue weighted by Gasteiger charge is 2.08. The first kappa shape index (κ1) is 10.1. The van der Waals surface area contributed by atoms with Gasteiger partial charge in [0.1, 0.15) is 5.82 Å². The molecule has 0 aliphatic carbocycles. The maximum Gasteiger partial charge on any atom is 0.146 e. The van der Waals surface area contributed by atoms with Gasteiger partial charge < -0.3 is 5.73 Å². The van der Waals surface area contributed by atoms with Gasteiger partial charge in [0.25, 0.3) is 0 Å². The molecule has 0 radical (unpaired) electrons. The van der Waals surface area contributed by atoms with Crippen LogP contribution >= 0.6 is 15.9 Å². The molecule has 2 N–H and O–H groups in total. The number of nitrogens with two attached hydrogens (primary N) is 1. The highest BCUT2D eigenvalue weighted by atomic mass is 79.9. The minimum atomic E-state index is -0.324. The molecular formula is C11H8BrFN2. The van der Waals surface area contributed by atoms with E-state index in [0.717, 1.165) is 0 Å². The van der Waals surface area contributed by atoms with Gasteiger partial charge in [0, 0.05) is 17.4 Å². The summed E-state index contributed by atoms with van der Waals surface area (Å²) in [6.45, 7) is 0. The SMILES string of the molecule is Nc1ccnc(-c2cccc(Br)c2F)c1. The zero-order valence-corrected chi connectivity index (χ0v) is 9.33. The first-order valence-electron chi connectivity index (χ1n) is 4.34. The van der Waals surface area contributed by atoms with Crippen molar-refractivity contribution in [2.75, 3.05) is 5.73 Å². The third kappa shape index (κ3) is 1.99. The van der Waals surface area contributed by atoms with Gasteiger partial charge in [-0.3, -0.25) is 4.98 Å². The zero-order chi connectivity index (χ0) is 10.8. The first-order chi connectivity index (χ1) is 7.18. The molecule has 0 fully saturated rings. The van der Waals surface area contributed by atoms with Crippen molar-refractivity contribution in [3.63, 3.8) is 0 Å². The molecule has 0 amide bonds. The van der Waals surface area contributed by atoms with Crippen LogP contribution in [0.15, 0.2) is 41.0 Å². The Hall–Kier alpha value is -1.42. The molecule has 0 aliphatic heterocycles. The van der Waals surface area contributed by atoms with Crippen molar-refractivity contribution in [3.8, 4) is 11.3 Å². The molecule has 1 aromatic heterocycles. The second kappa shape index (κ2) is 3.98. The summed E-state index contributed by atoms with van der Waals surface area (Å²) in [7, 11) is 0. The summed E-state index contributed by atoms with van der Waals surface area (Å²) >= 11 is 3.13. The third-order valence-electron chi connectivity index (χ3n) is 2.01. The smallest absolute Gasteiger partial charge is 0.146 e. The average Bonchev–Trinajstić information content (AvgIpc) is 2.22. The van der Waals surface area contributed by atoms with E-state index in [4.69, 9.17) is 5.73 Å². The Morgan fingerprint density at radius 1 is 1.27 bits per heavy atom. The normalized spacial score (nSPS) is 10.3. The summed E-state index contributed by atoms with van der Waals surface area (Å²) in [5, 5.41) is 0. The number of nitrogen functional groups attached to an aromatic ring is 1. The lowest BCUT2D eigenvalue weighted by Gasteiger charge is -2.04. The van der Waals surface area contributed by atoms with E-state index >= 15 is 0 Å². The lowest BCUT2D eigenvalue weighted by atomic mass is 10.1. The Morgan fingerprint density at radius 3 is 2.80 bits per heavy atom. The van der Waals surface area contributed by atoms with Gasteiger partial charge in [0.05, 0.1) is 10.2 Å². The first-order valence-corrected chi connectivity index (χ1v) is 5.13. The second-order valence-electron chi connectivity index (χ2n) is 3.08. The fraction of sp³-hybridized carbons (Fsp3) is 0. The number of benzene rings is 1. The van der Waals surface area contributed by atoms with Crippen LogP contribution in [0.1, 0.15) is 0 Å². The summed E-state index contributed by atoms with van der Waals surface area (Å²) in [6.07, 6.45) is 1.56. The van der Waals surface area contributed by atoms with Gasteiger partial charge >= 0.3 is 0 Å². The van der Waals surface area contributed by atoms with Crippen LogP contribution in [-0.4, -0.2) is 4.98 Å². The van der Waals surface area contributed by atoms with Crippen molar-refractivity contribution in [2.24, 2.45) is 0 Å². The molecule has 0 spiro atoms. The Labute approximate surface area is 95.1 Å². The Morgan fingerprint density at radius 2 is 2.07 bits per heavy atom. The predicted molar refractivity (Wildman–Crippen MR) is 61.7 cm³/mol. The standard InChI is InChI=1S/C11H8BrFN2/c12-9-3-1-2-8(11(9)13)10-6-7(14)4-5-15-10/h1-6H,(H2,14,15). The maximum atomic E-state index is 13.7. The molecule has 76 valence electrons. The number of anilines is 1. The molecule has 0 aliphatic rings. The van der Waals surface area contributed by atoms with Gasteiger partial charge in [0.15, 0.2) is 0 Å². The number of halogens is 2. The van der Waals surface area contributed by atoms with E-state index in [2.05, 4.69) is 20.9 Å². The highest BCUT2D eigenvalue weighted by molar-refractivity contribution is 9.10. The zero-order valence-electron chi connectivity index (χ0n) is 7.74. The summed E-state index contributed by atoms with van der Waals surface area (Å²) in [6, 6.07) is 8.38. The van der Waals surface area contributed by atoms with E-state index in [1.54, 1.807) is 36.5 Å². The summed E-state index contributed by atoms with van der Waals surface area (Å²) in [5.41, 5.74) is 7.16. The molecule has 2 aromatic rings. The van der Waals surface area contributed by atoms with E-state index in [1.165, 1.54) is 0 Å². The van der Waals surface area contributed by atoms with Crippen LogP contribution in [0, 0.1) is 5.82 Å². The van der Waals surface area contributed by atoms with Gasteiger partial charge in [-0.2, -0.15) is 0 Å². The van der Waals surface area contributed by atoms with Crippen LogP contribution in [0.3, 0.4) is 0 Å². The monoisotopic (exact) mass is 266 g/mol. The van der Waals surface area contributed by atoms with Crippen LogP contribution in [0.4, 0.5) is 10.1 Å². The topological polar surface area (TPSA) is 38.9 Å². The highest BCUT2D eigenvalue weighted by Crippen LogP contribution is 2.26. The Kier molecular flexibility index (Phi) is 2.68. The van der Waals surface area contributed by atoms with E-state index in [-0.39, 0.29) is 5.82 Å². The molecule has 0 saturated carbocycles. The summed E-state index contributed by atoms with van der Waals surface area (Å²) in [5.74, 6) is -0.324. The predicted octanol–water partition coefficient (Wildman–Crippen LogP) is 3.23. The number of aromatic nitrogens is 1. The van der Waals surface area contributed by atoms with Crippen molar-refractivity contribution < 1.29 is 4.39 Å². The minimum absolute atomic E-state index is 0.324. The Bertz CT molecular complexity index is 500. The fourth-order valence-electron chi connectivity index (χ4n) is 1.30. The van der Waals surface area contributed by atoms with E-state index in [1.807, 2.05) is 0 Å². The molecule has 4 heteroatoms. The molecular weight excluding hydrogens is 259 g/mol. The van der Waals surface area contributed by atoms with Crippen LogP contribution in [-0.2, 0) is 0 Å². The average molecular weight is 267 g/mol. The molecule has 0 saturated heterocycles. The number of hydrogen-bond donors (Lipinski definition) is 1. The van der Waals surface area contributed by atoms with E-state index < -0.39 is 0 Å². The van der Waals surface area contributed by atoms with Crippen molar-refractivity contribution in [1.82, 2.24) is 4.98 Å². The number of hydrogen-bond acceptors (Lipinski definition) is 2. The van der Waals surface area contributed by atoms with Gasteiger partial charge in [-0.05, 0) is 40.2 Å². The number of pyridine rings is 1. The quantitative estimate of drug-likeness (QED) is 0.861. The Balaban J connectivity index is 2.59. The molecule has 2 nitrogen and oxygen atoms in total. The van der Waals surface area contributed by atoms with Crippen molar-refractivity contribution >= 4 is 21.6 Å². The fourth-order valence-corrected chi connectivity index (χ4v) is 1.66. The minimum Gasteiger partial charge on any atom is -0.399 e. The molecule has 15 heavy (non-hydrogen) atoms. The molecule has 0 bridgehead atoms. The second-order valence-corrected chi connectivity index (χ2v) is 3.93. The lowest BCUT2D eigenvalue weighted by Crippen LogP contribution is -1.91. The van der Waals surface area contributed by atoms with Gasteiger partial charge in [0.2, 0.25) is 0 Å². The number of nitrogens with zero attached hydrogens (tertiary/aromatic N) is 1. The lowest BCUT2D eigenvalue weighted by molar-refractivity contribution is 0.624. The molecule has 1 heterocycles. The molecule has 0 atom stereocenters. The molecule has 2 rings (SSSR count). The largest absolute Gasteiger partial charge is 0.399 e. The van der Waals surface area contributed by atoms with Gasteiger partial charge in [-0.25, -0.2) is 4.39 Å². The van der Waals surface area contributed by atoms with Crippen molar-refractivity contribution in [1.29, 1.82) is 0 Å².